The van der Waals surface area contributed by atoms with Crippen molar-refractivity contribution in [3.8, 4) is 0 Å². The Labute approximate surface area is 111 Å². The molecule has 2 rings (SSSR count). The van der Waals surface area contributed by atoms with Crippen molar-refractivity contribution in [1.82, 2.24) is 5.32 Å². The van der Waals surface area contributed by atoms with Crippen LogP contribution in [0.5, 0.6) is 0 Å². The van der Waals surface area contributed by atoms with E-state index in [1.54, 1.807) is 12.1 Å². The Morgan fingerprint density at radius 1 is 1.32 bits per heavy atom. The monoisotopic (exact) mass is 272 g/mol. The zero-order valence-corrected chi connectivity index (χ0v) is 11.0. The minimum Gasteiger partial charge on any atom is -0.368 e. The Kier molecular flexibility index (Phi) is 4.34. The molecule has 0 bridgehead atoms. The van der Waals surface area contributed by atoms with Gasteiger partial charge >= 0.3 is 6.18 Å². The SMILES string of the molecule is CCCC1CN(c2ccccc2C(F)(F)F)CCN1. The molecule has 0 saturated carbocycles. The number of hydrogen-bond acceptors (Lipinski definition) is 2. The maximum absolute atomic E-state index is 13.0. The lowest BCUT2D eigenvalue weighted by molar-refractivity contribution is -0.137. The number of hydrogen-bond donors (Lipinski definition) is 1. The van der Waals surface area contributed by atoms with Gasteiger partial charge in [-0.2, -0.15) is 13.2 Å². The van der Waals surface area contributed by atoms with Gasteiger partial charge in [0.2, 0.25) is 0 Å². The van der Waals surface area contributed by atoms with Crippen LogP contribution in [0.15, 0.2) is 24.3 Å². The van der Waals surface area contributed by atoms with Crippen LogP contribution in [0.25, 0.3) is 0 Å². The van der Waals surface area contributed by atoms with Crippen LogP contribution in [0, 0.1) is 0 Å². The lowest BCUT2D eigenvalue weighted by atomic mass is 10.1. The van der Waals surface area contributed by atoms with Gasteiger partial charge in [0.1, 0.15) is 0 Å². The molecule has 0 aromatic heterocycles. The van der Waals surface area contributed by atoms with Gasteiger partial charge in [0.15, 0.2) is 0 Å². The van der Waals surface area contributed by atoms with Crippen LogP contribution in [-0.2, 0) is 6.18 Å². The molecule has 1 aromatic carbocycles. The van der Waals surface area contributed by atoms with E-state index in [9.17, 15) is 13.2 Å². The molecule has 1 fully saturated rings. The fraction of sp³-hybridized carbons (Fsp3) is 0.571. The van der Waals surface area contributed by atoms with Crippen molar-refractivity contribution in [1.29, 1.82) is 0 Å². The number of nitrogens with one attached hydrogen (secondary N) is 1. The van der Waals surface area contributed by atoms with Crippen LogP contribution < -0.4 is 10.2 Å². The summed E-state index contributed by atoms with van der Waals surface area (Å²) < 4.78 is 39.0. The average Bonchev–Trinajstić information content (AvgIpc) is 2.38. The van der Waals surface area contributed by atoms with E-state index in [0.29, 0.717) is 18.8 Å². The van der Waals surface area contributed by atoms with Crippen molar-refractivity contribution in [2.24, 2.45) is 0 Å². The molecule has 2 nitrogen and oxygen atoms in total. The summed E-state index contributed by atoms with van der Waals surface area (Å²) in [7, 11) is 0. The van der Waals surface area contributed by atoms with E-state index in [4.69, 9.17) is 0 Å². The van der Waals surface area contributed by atoms with E-state index >= 15 is 0 Å². The molecule has 1 N–H and O–H groups in total. The van der Waals surface area contributed by atoms with Crippen LogP contribution in [0.3, 0.4) is 0 Å². The fourth-order valence-corrected chi connectivity index (χ4v) is 2.58. The molecule has 1 aliphatic heterocycles. The highest BCUT2D eigenvalue weighted by atomic mass is 19.4. The van der Waals surface area contributed by atoms with Crippen molar-refractivity contribution in [3.63, 3.8) is 0 Å². The molecule has 106 valence electrons. The number of anilines is 1. The highest BCUT2D eigenvalue weighted by Crippen LogP contribution is 2.36. The quantitative estimate of drug-likeness (QED) is 0.908. The van der Waals surface area contributed by atoms with Gasteiger partial charge in [0.05, 0.1) is 5.56 Å². The number of halogens is 3. The summed E-state index contributed by atoms with van der Waals surface area (Å²) in [4.78, 5) is 1.85. The summed E-state index contributed by atoms with van der Waals surface area (Å²) in [6.45, 7) is 4.08. The number of piperazine rings is 1. The summed E-state index contributed by atoms with van der Waals surface area (Å²) in [5.41, 5.74) is -0.232. The minimum absolute atomic E-state index is 0.278. The summed E-state index contributed by atoms with van der Waals surface area (Å²) >= 11 is 0. The first-order valence-corrected chi connectivity index (χ1v) is 6.67. The normalized spacial score (nSPS) is 20.6. The maximum Gasteiger partial charge on any atom is 0.418 e. The topological polar surface area (TPSA) is 15.3 Å². The Balaban J connectivity index is 2.21. The smallest absolute Gasteiger partial charge is 0.368 e. The molecule has 5 heteroatoms. The molecule has 0 amide bonds. The zero-order chi connectivity index (χ0) is 13.9. The van der Waals surface area contributed by atoms with Crippen molar-refractivity contribution in [2.75, 3.05) is 24.5 Å². The van der Waals surface area contributed by atoms with Crippen LogP contribution in [0.1, 0.15) is 25.3 Å². The third kappa shape index (κ3) is 3.41. The zero-order valence-electron chi connectivity index (χ0n) is 11.0. The van der Waals surface area contributed by atoms with E-state index in [0.717, 1.165) is 25.5 Å². The molecule has 1 unspecified atom stereocenters. The van der Waals surface area contributed by atoms with Crippen molar-refractivity contribution in [2.45, 2.75) is 32.0 Å². The summed E-state index contributed by atoms with van der Waals surface area (Å²) in [5, 5.41) is 3.36. The first-order chi connectivity index (χ1) is 9.02. The van der Waals surface area contributed by atoms with E-state index in [-0.39, 0.29) is 6.04 Å². The van der Waals surface area contributed by atoms with E-state index in [1.807, 2.05) is 4.90 Å². The van der Waals surface area contributed by atoms with E-state index < -0.39 is 11.7 Å². The standard InChI is InChI=1S/C14H19F3N2/c1-2-5-11-10-19(9-8-18-11)13-7-4-3-6-12(13)14(15,16)17/h3-4,6-7,11,18H,2,5,8-10H2,1H3. The lowest BCUT2D eigenvalue weighted by Gasteiger charge is -2.36. The van der Waals surface area contributed by atoms with Gasteiger partial charge in [-0.05, 0) is 18.6 Å². The second kappa shape index (κ2) is 5.82. The van der Waals surface area contributed by atoms with Gasteiger partial charge in [-0.25, -0.2) is 0 Å². The number of rotatable bonds is 3. The first-order valence-electron chi connectivity index (χ1n) is 6.67. The van der Waals surface area contributed by atoms with Crippen LogP contribution in [0.2, 0.25) is 0 Å². The Hall–Kier alpha value is -1.23. The molecule has 1 atom stereocenters. The minimum atomic E-state index is -4.29. The Morgan fingerprint density at radius 2 is 2.05 bits per heavy atom. The molecular formula is C14H19F3N2. The number of alkyl halides is 3. The third-order valence-electron chi connectivity index (χ3n) is 3.44. The molecule has 19 heavy (non-hydrogen) atoms. The molecular weight excluding hydrogens is 253 g/mol. The maximum atomic E-state index is 13.0. The van der Waals surface area contributed by atoms with Gasteiger partial charge in [0, 0.05) is 31.4 Å². The molecule has 0 radical (unpaired) electrons. The molecule has 1 heterocycles. The number of para-hydroxylation sites is 1. The predicted octanol–water partition coefficient (Wildman–Crippen LogP) is 3.28. The average molecular weight is 272 g/mol. The van der Waals surface area contributed by atoms with Crippen LogP contribution >= 0.6 is 0 Å². The molecule has 1 aliphatic rings. The van der Waals surface area contributed by atoms with Crippen molar-refractivity contribution >= 4 is 5.69 Å². The second-order valence-corrected chi connectivity index (χ2v) is 4.90. The van der Waals surface area contributed by atoms with Gasteiger partial charge in [-0.3, -0.25) is 0 Å². The molecule has 1 saturated heterocycles. The van der Waals surface area contributed by atoms with Gasteiger partial charge in [-0.1, -0.05) is 25.5 Å². The van der Waals surface area contributed by atoms with Crippen molar-refractivity contribution in [3.05, 3.63) is 29.8 Å². The largest absolute Gasteiger partial charge is 0.418 e. The first kappa shape index (κ1) is 14.2. The number of benzene rings is 1. The Bertz CT molecular complexity index is 415. The highest BCUT2D eigenvalue weighted by molar-refractivity contribution is 5.55. The third-order valence-corrected chi connectivity index (χ3v) is 3.44. The van der Waals surface area contributed by atoms with Gasteiger partial charge < -0.3 is 10.2 Å². The van der Waals surface area contributed by atoms with Crippen molar-refractivity contribution < 1.29 is 13.2 Å². The predicted molar refractivity (Wildman–Crippen MR) is 70.4 cm³/mol. The number of nitrogens with zero attached hydrogens (tertiary/aromatic N) is 1. The Morgan fingerprint density at radius 3 is 2.74 bits per heavy atom. The van der Waals surface area contributed by atoms with Gasteiger partial charge in [0.25, 0.3) is 0 Å². The van der Waals surface area contributed by atoms with E-state index in [1.165, 1.54) is 6.07 Å². The molecule has 0 spiro atoms. The molecule has 1 aromatic rings. The summed E-state index contributed by atoms with van der Waals surface area (Å²) in [5.74, 6) is 0. The summed E-state index contributed by atoms with van der Waals surface area (Å²) in [6, 6.07) is 6.11. The second-order valence-electron chi connectivity index (χ2n) is 4.90. The van der Waals surface area contributed by atoms with E-state index in [2.05, 4.69) is 12.2 Å². The molecule has 0 aliphatic carbocycles. The van der Waals surface area contributed by atoms with Gasteiger partial charge in [-0.15, -0.1) is 0 Å². The summed E-state index contributed by atoms with van der Waals surface area (Å²) in [6.07, 6.45) is -2.27. The lowest BCUT2D eigenvalue weighted by Crippen LogP contribution is -2.51. The highest BCUT2D eigenvalue weighted by Gasteiger charge is 2.35. The van der Waals surface area contributed by atoms with Crippen LogP contribution in [-0.4, -0.2) is 25.7 Å². The fourth-order valence-electron chi connectivity index (χ4n) is 2.58. The van der Waals surface area contributed by atoms with Crippen LogP contribution in [0.4, 0.5) is 18.9 Å².